The number of hydrogen-bond donors (Lipinski definition) is 1. The van der Waals surface area contributed by atoms with Gasteiger partial charge in [0.15, 0.2) is 5.17 Å². The average Bonchev–Trinajstić information content (AvgIpc) is 3.35. The van der Waals surface area contributed by atoms with E-state index < -0.39 is 0 Å². The monoisotopic (exact) mass is 432 g/mol. The fraction of sp³-hybridized carbons (Fsp3) is 0.0870. The number of aromatic nitrogens is 1. The molecule has 0 saturated carbocycles. The lowest BCUT2D eigenvalue weighted by molar-refractivity contribution is -0.121. The Balaban J connectivity index is 1.68. The summed E-state index contributed by atoms with van der Waals surface area (Å²) >= 11 is 2.82. The van der Waals surface area contributed by atoms with Gasteiger partial charge < -0.3 is 5.73 Å². The molecule has 30 heavy (non-hydrogen) atoms. The number of carbonyl (C=O) groups is 1. The number of nitrogens with zero attached hydrogens (tertiary/aromatic N) is 3. The van der Waals surface area contributed by atoms with Crippen molar-refractivity contribution >= 4 is 50.6 Å². The van der Waals surface area contributed by atoms with Crippen LogP contribution in [0, 0.1) is 0 Å². The zero-order valence-corrected chi connectivity index (χ0v) is 18.0. The van der Waals surface area contributed by atoms with E-state index in [4.69, 9.17) is 5.73 Å². The molecule has 1 amide bonds. The second-order valence-corrected chi connectivity index (χ2v) is 8.47. The maximum atomic E-state index is 13.1. The van der Waals surface area contributed by atoms with Crippen molar-refractivity contribution < 1.29 is 4.79 Å². The predicted molar refractivity (Wildman–Crippen MR) is 128 cm³/mol. The Hall–Kier alpha value is -3.16. The number of allylic oxidation sites excluding steroid dienone is 1. The number of benzene rings is 2. The van der Waals surface area contributed by atoms with Gasteiger partial charge in [0, 0.05) is 23.2 Å². The van der Waals surface area contributed by atoms with Crippen molar-refractivity contribution in [1.82, 2.24) is 9.88 Å². The lowest BCUT2D eigenvalue weighted by Gasteiger charge is -2.12. The first kappa shape index (κ1) is 20.1. The van der Waals surface area contributed by atoms with Gasteiger partial charge in [-0.1, -0.05) is 48.5 Å². The lowest BCUT2D eigenvalue weighted by Crippen LogP contribution is -2.29. The number of hydrogen-bond acceptors (Lipinski definition) is 6. The Morgan fingerprint density at radius 1 is 1.20 bits per heavy atom. The van der Waals surface area contributed by atoms with Gasteiger partial charge in [-0.25, -0.2) is 4.98 Å². The number of anilines is 1. The van der Waals surface area contributed by atoms with Gasteiger partial charge in [0.05, 0.1) is 10.6 Å². The van der Waals surface area contributed by atoms with Crippen LogP contribution in [0.5, 0.6) is 0 Å². The maximum Gasteiger partial charge on any atom is 0.267 e. The minimum absolute atomic E-state index is 0.0761. The van der Waals surface area contributed by atoms with Gasteiger partial charge in [0.25, 0.3) is 5.91 Å². The second kappa shape index (κ2) is 8.69. The highest BCUT2D eigenvalue weighted by molar-refractivity contribution is 8.18. The summed E-state index contributed by atoms with van der Waals surface area (Å²) in [7, 11) is 0. The molecule has 1 fully saturated rings. The first-order valence-electron chi connectivity index (χ1n) is 9.34. The van der Waals surface area contributed by atoms with Crippen LogP contribution in [0.4, 0.5) is 10.8 Å². The molecule has 0 bridgehead atoms. The van der Waals surface area contributed by atoms with Gasteiger partial charge in [0.2, 0.25) is 5.13 Å². The van der Waals surface area contributed by atoms with Crippen LogP contribution in [-0.2, 0) is 4.79 Å². The minimum Gasteiger partial charge on any atom is -0.399 e. The third kappa shape index (κ3) is 4.08. The van der Waals surface area contributed by atoms with Gasteiger partial charge in [-0.3, -0.25) is 9.69 Å². The molecule has 2 N–H and O–H groups in total. The third-order valence-corrected chi connectivity index (χ3v) is 6.53. The number of rotatable bonds is 5. The van der Waals surface area contributed by atoms with Crippen LogP contribution >= 0.6 is 23.1 Å². The molecule has 150 valence electrons. The highest BCUT2D eigenvalue weighted by atomic mass is 32.2. The van der Waals surface area contributed by atoms with Crippen molar-refractivity contribution in [3.63, 3.8) is 0 Å². The minimum atomic E-state index is -0.0761. The Kier molecular flexibility index (Phi) is 5.83. The van der Waals surface area contributed by atoms with E-state index in [1.165, 1.54) is 23.1 Å². The number of aliphatic imine (C=N–C) groups is 1. The van der Waals surface area contributed by atoms with E-state index in [0.29, 0.717) is 27.4 Å². The van der Waals surface area contributed by atoms with Crippen LogP contribution in [0.2, 0.25) is 0 Å². The number of nitrogen functional groups attached to an aromatic ring is 1. The van der Waals surface area contributed by atoms with Crippen LogP contribution in [0.25, 0.3) is 16.8 Å². The first-order chi connectivity index (χ1) is 14.6. The molecule has 4 rings (SSSR count). The fourth-order valence-corrected chi connectivity index (χ4v) is 4.82. The van der Waals surface area contributed by atoms with Crippen LogP contribution in [0.15, 0.2) is 82.5 Å². The van der Waals surface area contributed by atoms with Gasteiger partial charge >= 0.3 is 0 Å². The zero-order chi connectivity index (χ0) is 21.1. The molecule has 0 unspecified atom stereocenters. The van der Waals surface area contributed by atoms with E-state index >= 15 is 0 Å². The number of thioether (sulfide) groups is 1. The van der Waals surface area contributed by atoms with Gasteiger partial charge in [-0.05, 0) is 42.0 Å². The second-order valence-electron chi connectivity index (χ2n) is 6.66. The molecule has 1 aromatic heterocycles. The molecule has 1 aliphatic rings. The molecule has 0 spiro atoms. The van der Waals surface area contributed by atoms with Crippen molar-refractivity contribution in [2.75, 3.05) is 12.3 Å². The molecule has 0 atom stereocenters. The van der Waals surface area contributed by atoms with Gasteiger partial charge in [0.1, 0.15) is 0 Å². The summed E-state index contributed by atoms with van der Waals surface area (Å²) in [6.07, 6.45) is 1.70. The molecular weight excluding hydrogens is 412 g/mol. The average molecular weight is 433 g/mol. The Bertz CT molecular complexity index is 1150. The molecule has 0 radical (unpaired) electrons. The number of carbonyl (C=O) groups excluding carboxylic acids is 1. The van der Waals surface area contributed by atoms with E-state index in [9.17, 15) is 4.79 Å². The third-order valence-electron chi connectivity index (χ3n) is 4.61. The summed E-state index contributed by atoms with van der Waals surface area (Å²) in [6.45, 7) is 6.11. The lowest BCUT2D eigenvalue weighted by atomic mass is 10.1. The SMILES string of the molecule is C=CCN1C(=O)/C(=C(\C)c2ccc(N)cc2)S/C1=N/c1nc(-c2ccccc2)cs1. The summed E-state index contributed by atoms with van der Waals surface area (Å²) in [6, 6.07) is 17.5. The molecule has 1 aliphatic heterocycles. The zero-order valence-electron chi connectivity index (χ0n) is 16.4. The Morgan fingerprint density at radius 3 is 2.63 bits per heavy atom. The molecule has 2 heterocycles. The van der Waals surface area contributed by atoms with Crippen LogP contribution in [0.3, 0.4) is 0 Å². The number of amides is 1. The van der Waals surface area contributed by atoms with Crippen molar-refractivity contribution in [3.05, 3.63) is 83.1 Å². The fourth-order valence-electron chi connectivity index (χ4n) is 3.01. The van der Waals surface area contributed by atoms with Crippen molar-refractivity contribution in [2.45, 2.75) is 6.92 Å². The molecule has 7 heteroatoms. The smallest absolute Gasteiger partial charge is 0.267 e. The van der Waals surface area contributed by atoms with Gasteiger partial charge in [-0.15, -0.1) is 17.9 Å². The summed E-state index contributed by atoms with van der Waals surface area (Å²) < 4.78 is 0. The quantitative estimate of drug-likeness (QED) is 0.325. The van der Waals surface area contributed by atoms with Crippen molar-refractivity contribution in [2.24, 2.45) is 4.99 Å². The number of nitrogens with two attached hydrogens (primary N) is 1. The van der Waals surface area contributed by atoms with Gasteiger partial charge in [-0.2, -0.15) is 4.99 Å². The van der Waals surface area contributed by atoms with E-state index in [-0.39, 0.29) is 5.91 Å². The molecule has 5 nitrogen and oxygen atoms in total. The standard InChI is InChI=1S/C23H20N4OS2/c1-3-13-27-21(28)20(15(2)16-9-11-18(24)12-10-16)30-23(27)26-22-25-19(14-29-22)17-7-5-4-6-8-17/h3-12,14H,1,13,24H2,2H3/b20-15-,26-23+. The highest BCUT2D eigenvalue weighted by Gasteiger charge is 2.34. The van der Waals surface area contributed by atoms with E-state index in [1.807, 2.05) is 66.9 Å². The van der Waals surface area contributed by atoms with E-state index in [1.54, 1.807) is 11.0 Å². The normalized spacial score (nSPS) is 16.9. The van der Waals surface area contributed by atoms with E-state index in [0.717, 1.165) is 22.4 Å². The Morgan fingerprint density at radius 2 is 1.93 bits per heavy atom. The number of amidine groups is 1. The molecule has 2 aromatic carbocycles. The summed E-state index contributed by atoms with van der Waals surface area (Å²) in [4.78, 5) is 24.7. The predicted octanol–water partition coefficient (Wildman–Crippen LogP) is 5.57. The highest BCUT2D eigenvalue weighted by Crippen LogP contribution is 2.38. The maximum absolute atomic E-state index is 13.1. The number of thiazole rings is 1. The summed E-state index contributed by atoms with van der Waals surface area (Å²) in [5.41, 5.74) is 10.2. The van der Waals surface area contributed by atoms with E-state index in [2.05, 4.69) is 16.6 Å². The molecular formula is C23H20N4OS2. The van der Waals surface area contributed by atoms with Crippen molar-refractivity contribution in [3.8, 4) is 11.3 Å². The van der Waals surface area contributed by atoms with Crippen LogP contribution < -0.4 is 5.73 Å². The molecule has 3 aromatic rings. The summed E-state index contributed by atoms with van der Waals surface area (Å²) in [5.74, 6) is -0.0761. The topological polar surface area (TPSA) is 71.6 Å². The Labute approximate surface area is 183 Å². The van der Waals surface area contributed by atoms with Crippen LogP contribution in [0.1, 0.15) is 12.5 Å². The van der Waals surface area contributed by atoms with Crippen molar-refractivity contribution in [1.29, 1.82) is 0 Å². The molecule has 1 saturated heterocycles. The summed E-state index contributed by atoms with van der Waals surface area (Å²) in [5, 5.41) is 3.20. The largest absolute Gasteiger partial charge is 0.399 e. The molecule has 0 aliphatic carbocycles. The van der Waals surface area contributed by atoms with Crippen LogP contribution in [-0.4, -0.2) is 27.5 Å². The first-order valence-corrected chi connectivity index (χ1v) is 11.0.